The van der Waals surface area contributed by atoms with E-state index in [0.29, 0.717) is 35.8 Å². The highest BCUT2D eigenvalue weighted by Gasteiger charge is 2.39. The van der Waals surface area contributed by atoms with Crippen LogP contribution in [0, 0.1) is 6.92 Å². The number of urea groups is 1. The molecule has 10 heteroatoms. The lowest BCUT2D eigenvalue weighted by atomic mass is 10.0. The Balaban J connectivity index is 1.18. The molecule has 2 heterocycles. The van der Waals surface area contributed by atoms with Crippen LogP contribution in [0.15, 0.2) is 41.3 Å². The number of nitrogens with one attached hydrogen (secondary N) is 3. The minimum atomic E-state index is -0.604. The number of amides is 5. The van der Waals surface area contributed by atoms with Crippen molar-refractivity contribution in [2.24, 2.45) is 0 Å². The van der Waals surface area contributed by atoms with Crippen molar-refractivity contribution in [3.8, 4) is 0 Å². The van der Waals surface area contributed by atoms with E-state index in [2.05, 4.69) is 16.0 Å². The fraction of sp³-hybridized carbons (Fsp3) is 0.385. The standard InChI is InChI=1S/C26H29ClN4O4S/c1-16-8-9-17(14-20(16)27)29-26(35)28-12-3-2-4-13-36-22-7-5-6-18-19(22)15-31(25(18)34)21-10-11-23(32)30-24(21)33/h5-9,14,21H,2-4,10-13,15H2,1H3,(H2,28,29,35)(H,30,32,33). The zero-order chi connectivity index (χ0) is 25.7. The molecule has 0 aromatic heterocycles. The van der Waals surface area contributed by atoms with E-state index < -0.39 is 11.9 Å². The average molecular weight is 529 g/mol. The van der Waals surface area contributed by atoms with Crippen molar-refractivity contribution in [1.82, 2.24) is 15.5 Å². The molecule has 0 saturated carbocycles. The van der Waals surface area contributed by atoms with Gasteiger partial charge in [-0.05, 0) is 67.3 Å². The Labute approximate surface area is 219 Å². The zero-order valence-corrected chi connectivity index (χ0v) is 21.6. The van der Waals surface area contributed by atoms with Gasteiger partial charge in [0.2, 0.25) is 11.8 Å². The van der Waals surface area contributed by atoms with E-state index in [1.165, 1.54) is 0 Å². The molecule has 1 fully saturated rings. The number of aryl methyl sites for hydroxylation is 1. The highest BCUT2D eigenvalue weighted by Crippen LogP contribution is 2.34. The highest BCUT2D eigenvalue weighted by atomic mass is 35.5. The van der Waals surface area contributed by atoms with Crippen LogP contribution in [-0.2, 0) is 16.1 Å². The Morgan fingerprint density at radius 2 is 2.00 bits per heavy atom. The number of hydrogen-bond donors (Lipinski definition) is 3. The van der Waals surface area contributed by atoms with Crippen molar-refractivity contribution in [2.45, 2.75) is 56.5 Å². The van der Waals surface area contributed by atoms with Crippen molar-refractivity contribution >= 4 is 52.8 Å². The normalized spacial score (nSPS) is 17.1. The van der Waals surface area contributed by atoms with Gasteiger partial charge in [0.05, 0.1) is 0 Å². The van der Waals surface area contributed by atoms with E-state index >= 15 is 0 Å². The molecule has 4 rings (SSSR count). The number of halogens is 1. The molecule has 2 aliphatic heterocycles. The number of carbonyl (C=O) groups is 4. The number of fused-ring (bicyclic) bond motifs is 1. The van der Waals surface area contributed by atoms with E-state index in [4.69, 9.17) is 11.6 Å². The van der Waals surface area contributed by atoms with Gasteiger partial charge < -0.3 is 15.5 Å². The third-order valence-electron chi connectivity index (χ3n) is 6.33. The molecule has 2 aromatic rings. The molecule has 1 unspecified atom stereocenters. The number of benzene rings is 2. The number of rotatable bonds is 9. The molecule has 0 aliphatic carbocycles. The Hall–Kier alpha value is -3.04. The van der Waals surface area contributed by atoms with Crippen molar-refractivity contribution in [2.75, 3.05) is 17.6 Å². The number of unbranched alkanes of at least 4 members (excludes halogenated alkanes) is 2. The Morgan fingerprint density at radius 3 is 2.78 bits per heavy atom. The fourth-order valence-electron chi connectivity index (χ4n) is 4.33. The van der Waals surface area contributed by atoms with Crippen LogP contribution in [0.3, 0.4) is 0 Å². The van der Waals surface area contributed by atoms with Gasteiger partial charge in [-0.25, -0.2) is 4.79 Å². The summed E-state index contributed by atoms with van der Waals surface area (Å²) in [5, 5.41) is 8.59. The first kappa shape index (κ1) is 26.0. The van der Waals surface area contributed by atoms with Gasteiger partial charge in [-0.3, -0.25) is 19.7 Å². The summed E-state index contributed by atoms with van der Waals surface area (Å²) in [6.07, 6.45) is 3.39. The number of imide groups is 1. The lowest BCUT2D eigenvalue weighted by Gasteiger charge is -2.29. The monoisotopic (exact) mass is 528 g/mol. The first-order valence-corrected chi connectivity index (χ1v) is 13.4. The van der Waals surface area contributed by atoms with Crippen LogP contribution in [0.25, 0.3) is 0 Å². The molecular weight excluding hydrogens is 500 g/mol. The second-order valence-corrected chi connectivity index (χ2v) is 10.5. The van der Waals surface area contributed by atoms with Gasteiger partial charge in [-0.15, -0.1) is 11.8 Å². The van der Waals surface area contributed by atoms with Crippen molar-refractivity contribution in [3.05, 3.63) is 58.1 Å². The van der Waals surface area contributed by atoms with Crippen LogP contribution in [0.2, 0.25) is 5.02 Å². The highest BCUT2D eigenvalue weighted by molar-refractivity contribution is 7.99. The number of hydrogen-bond acceptors (Lipinski definition) is 5. The maximum Gasteiger partial charge on any atom is 0.319 e. The van der Waals surface area contributed by atoms with Crippen molar-refractivity contribution in [3.63, 3.8) is 0 Å². The Bertz CT molecular complexity index is 1190. The minimum Gasteiger partial charge on any atom is -0.338 e. The Morgan fingerprint density at radius 1 is 1.17 bits per heavy atom. The summed E-state index contributed by atoms with van der Waals surface area (Å²) in [7, 11) is 0. The maximum absolute atomic E-state index is 12.9. The van der Waals surface area contributed by atoms with E-state index in [-0.39, 0.29) is 24.3 Å². The first-order valence-electron chi connectivity index (χ1n) is 12.0. The largest absolute Gasteiger partial charge is 0.338 e. The summed E-state index contributed by atoms with van der Waals surface area (Å²) in [5.41, 5.74) is 3.20. The second kappa shape index (κ2) is 11.8. The van der Waals surface area contributed by atoms with Crippen LogP contribution < -0.4 is 16.0 Å². The first-order chi connectivity index (χ1) is 17.3. The van der Waals surface area contributed by atoms with E-state index in [1.54, 1.807) is 28.8 Å². The average Bonchev–Trinajstić information content (AvgIpc) is 3.18. The lowest BCUT2D eigenvalue weighted by Crippen LogP contribution is -2.52. The predicted octanol–water partition coefficient (Wildman–Crippen LogP) is 4.49. The molecule has 3 N–H and O–H groups in total. The van der Waals surface area contributed by atoms with Crippen LogP contribution in [0.5, 0.6) is 0 Å². The van der Waals surface area contributed by atoms with E-state index in [1.807, 2.05) is 31.2 Å². The quantitative estimate of drug-likeness (QED) is 0.252. The lowest BCUT2D eigenvalue weighted by molar-refractivity contribution is -0.136. The topological polar surface area (TPSA) is 108 Å². The van der Waals surface area contributed by atoms with Gasteiger partial charge in [0.1, 0.15) is 6.04 Å². The summed E-state index contributed by atoms with van der Waals surface area (Å²) >= 11 is 7.79. The molecule has 0 bridgehead atoms. The molecule has 5 amide bonds. The predicted molar refractivity (Wildman–Crippen MR) is 140 cm³/mol. The maximum atomic E-state index is 12.9. The van der Waals surface area contributed by atoms with Crippen LogP contribution in [0.1, 0.15) is 53.6 Å². The minimum absolute atomic E-state index is 0.154. The van der Waals surface area contributed by atoms with Gasteiger partial charge >= 0.3 is 6.03 Å². The molecule has 0 spiro atoms. The van der Waals surface area contributed by atoms with Crippen LogP contribution in [0.4, 0.5) is 10.5 Å². The van der Waals surface area contributed by atoms with Gasteiger partial charge in [-0.2, -0.15) is 0 Å². The summed E-state index contributed by atoms with van der Waals surface area (Å²) < 4.78 is 0. The molecule has 8 nitrogen and oxygen atoms in total. The number of carbonyl (C=O) groups excluding carboxylic acids is 4. The third kappa shape index (κ3) is 6.20. The SMILES string of the molecule is Cc1ccc(NC(=O)NCCCCCSc2cccc3c2CN(C2CCC(=O)NC2=O)C3=O)cc1Cl. The zero-order valence-electron chi connectivity index (χ0n) is 20.1. The smallest absolute Gasteiger partial charge is 0.319 e. The van der Waals surface area contributed by atoms with Gasteiger partial charge in [0.15, 0.2) is 0 Å². The molecule has 1 atom stereocenters. The van der Waals surface area contributed by atoms with E-state index in [0.717, 1.165) is 41.0 Å². The second-order valence-electron chi connectivity index (χ2n) is 8.94. The molecule has 0 radical (unpaired) electrons. The summed E-state index contributed by atoms with van der Waals surface area (Å²) in [4.78, 5) is 51.3. The number of piperidine rings is 1. The van der Waals surface area contributed by atoms with Crippen molar-refractivity contribution < 1.29 is 19.2 Å². The van der Waals surface area contributed by atoms with Crippen molar-refractivity contribution in [1.29, 1.82) is 0 Å². The van der Waals surface area contributed by atoms with Crippen LogP contribution in [-0.4, -0.2) is 47.0 Å². The van der Waals surface area contributed by atoms with Gasteiger partial charge in [-0.1, -0.05) is 30.2 Å². The van der Waals surface area contributed by atoms with Gasteiger partial charge in [0, 0.05) is 40.7 Å². The van der Waals surface area contributed by atoms with E-state index in [9.17, 15) is 19.2 Å². The fourth-order valence-corrected chi connectivity index (χ4v) is 5.60. The number of nitrogens with zero attached hydrogens (tertiary/aromatic N) is 1. The summed E-state index contributed by atoms with van der Waals surface area (Å²) in [5.74, 6) is 0.0475. The molecule has 36 heavy (non-hydrogen) atoms. The molecule has 190 valence electrons. The number of thioether (sulfide) groups is 1. The van der Waals surface area contributed by atoms with Gasteiger partial charge in [0.25, 0.3) is 5.91 Å². The number of anilines is 1. The molecular formula is C26H29ClN4O4S. The summed E-state index contributed by atoms with van der Waals surface area (Å²) in [6.45, 7) is 2.87. The third-order valence-corrected chi connectivity index (χ3v) is 7.93. The molecule has 2 aliphatic rings. The molecule has 1 saturated heterocycles. The Kier molecular flexibility index (Phi) is 8.53. The summed E-state index contributed by atoms with van der Waals surface area (Å²) in [6, 6.07) is 10.2. The molecule has 2 aromatic carbocycles. The van der Waals surface area contributed by atoms with Crippen LogP contribution >= 0.6 is 23.4 Å².